The summed E-state index contributed by atoms with van der Waals surface area (Å²) in [6.07, 6.45) is 0.683. The Morgan fingerprint density at radius 1 is 1.39 bits per heavy atom. The number of nitrogens with one attached hydrogen (secondary N) is 1. The molecule has 0 bridgehead atoms. The fourth-order valence-corrected chi connectivity index (χ4v) is 2.14. The van der Waals surface area contributed by atoms with Crippen molar-refractivity contribution in [3.8, 4) is 0 Å². The molecule has 0 saturated carbocycles. The average molecular weight is 265 g/mol. The summed E-state index contributed by atoms with van der Waals surface area (Å²) < 4.78 is 12.7. The summed E-state index contributed by atoms with van der Waals surface area (Å²) in [5.41, 5.74) is 6.67. The van der Waals surface area contributed by atoms with Gasteiger partial charge in [-0.2, -0.15) is 0 Å². The highest BCUT2D eigenvalue weighted by Crippen LogP contribution is 2.16. The molecule has 0 radical (unpaired) electrons. The van der Waals surface area contributed by atoms with Gasteiger partial charge in [0.05, 0.1) is 5.69 Å². The van der Waals surface area contributed by atoms with Crippen LogP contribution in [0, 0.1) is 5.82 Å². The second-order valence-corrected chi connectivity index (χ2v) is 4.50. The Balaban J connectivity index is 2.04. The predicted octanol–water partition coefficient (Wildman–Crippen LogP) is 2.04. The highest BCUT2D eigenvalue weighted by atomic mass is 32.1. The largest absolute Gasteiger partial charge is 0.330 e. The molecule has 0 aliphatic heterocycles. The SMILES string of the molecule is NCCc1csc(NC(=O)c2ccc(F)cc2)n1. The van der Waals surface area contributed by atoms with Crippen molar-refractivity contribution in [1.82, 2.24) is 4.98 Å². The number of hydrogen-bond donors (Lipinski definition) is 2. The Morgan fingerprint density at radius 3 is 2.78 bits per heavy atom. The van der Waals surface area contributed by atoms with E-state index in [1.54, 1.807) is 0 Å². The van der Waals surface area contributed by atoms with Crippen LogP contribution in [0.2, 0.25) is 0 Å². The molecule has 3 N–H and O–H groups in total. The number of nitrogens with two attached hydrogens (primary N) is 1. The van der Waals surface area contributed by atoms with Crippen LogP contribution >= 0.6 is 11.3 Å². The molecule has 0 fully saturated rings. The van der Waals surface area contributed by atoms with E-state index in [1.807, 2.05) is 5.38 Å². The van der Waals surface area contributed by atoms with E-state index < -0.39 is 0 Å². The molecule has 6 heteroatoms. The van der Waals surface area contributed by atoms with E-state index in [9.17, 15) is 9.18 Å². The number of carbonyl (C=O) groups is 1. The summed E-state index contributed by atoms with van der Waals surface area (Å²) in [6.45, 7) is 0.523. The number of aromatic nitrogens is 1. The van der Waals surface area contributed by atoms with E-state index >= 15 is 0 Å². The summed E-state index contributed by atoms with van der Waals surface area (Å²) in [5, 5.41) is 5.04. The number of nitrogens with zero attached hydrogens (tertiary/aromatic N) is 1. The lowest BCUT2D eigenvalue weighted by Gasteiger charge is -2.01. The normalized spacial score (nSPS) is 10.3. The average Bonchev–Trinajstić information content (AvgIpc) is 2.78. The third kappa shape index (κ3) is 3.12. The van der Waals surface area contributed by atoms with Gasteiger partial charge in [0.25, 0.3) is 5.91 Å². The molecule has 2 rings (SSSR count). The highest BCUT2D eigenvalue weighted by molar-refractivity contribution is 7.13. The van der Waals surface area contributed by atoms with Gasteiger partial charge in [-0.1, -0.05) is 0 Å². The molecule has 1 aromatic heterocycles. The highest BCUT2D eigenvalue weighted by Gasteiger charge is 2.08. The lowest BCUT2D eigenvalue weighted by atomic mass is 10.2. The molecule has 0 spiro atoms. The molecule has 4 nitrogen and oxygen atoms in total. The topological polar surface area (TPSA) is 68.0 Å². The first-order chi connectivity index (χ1) is 8.69. The molecule has 2 aromatic rings. The molecule has 0 unspecified atom stereocenters. The van der Waals surface area contributed by atoms with Gasteiger partial charge in [0.2, 0.25) is 0 Å². The Hall–Kier alpha value is -1.79. The second kappa shape index (κ2) is 5.70. The van der Waals surface area contributed by atoms with Gasteiger partial charge in [-0.3, -0.25) is 10.1 Å². The molecule has 0 saturated heterocycles. The fraction of sp³-hybridized carbons (Fsp3) is 0.167. The summed E-state index contributed by atoms with van der Waals surface area (Å²) >= 11 is 1.34. The third-order valence-electron chi connectivity index (χ3n) is 2.28. The van der Waals surface area contributed by atoms with Gasteiger partial charge in [-0.15, -0.1) is 11.3 Å². The van der Waals surface area contributed by atoms with Crippen molar-refractivity contribution in [3.05, 3.63) is 46.7 Å². The number of hydrogen-bond acceptors (Lipinski definition) is 4. The van der Waals surface area contributed by atoms with E-state index in [0.717, 1.165) is 5.69 Å². The van der Waals surface area contributed by atoms with E-state index in [1.165, 1.54) is 35.6 Å². The number of anilines is 1. The first-order valence-electron chi connectivity index (χ1n) is 5.40. The molecule has 0 atom stereocenters. The number of carbonyl (C=O) groups excluding carboxylic acids is 1. The van der Waals surface area contributed by atoms with Gasteiger partial charge < -0.3 is 5.73 Å². The Morgan fingerprint density at radius 2 is 2.11 bits per heavy atom. The van der Waals surface area contributed by atoms with Gasteiger partial charge in [-0.05, 0) is 30.8 Å². The van der Waals surface area contributed by atoms with Crippen LogP contribution < -0.4 is 11.1 Å². The van der Waals surface area contributed by atoms with Gasteiger partial charge in [0.15, 0.2) is 5.13 Å². The lowest BCUT2D eigenvalue weighted by Crippen LogP contribution is -2.11. The van der Waals surface area contributed by atoms with Crippen LogP contribution in [0.3, 0.4) is 0 Å². The molecule has 0 aliphatic rings. The number of rotatable bonds is 4. The van der Waals surface area contributed by atoms with Crippen molar-refractivity contribution in [2.75, 3.05) is 11.9 Å². The number of amides is 1. The van der Waals surface area contributed by atoms with Crippen molar-refractivity contribution in [2.24, 2.45) is 5.73 Å². The van der Waals surface area contributed by atoms with E-state index in [0.29, 0.717) is 23.7 Å². The smallest absolute Gasteiger partial charge is 0.257 e. The van der Waals surface area contributed by atoms with Crippen molar-refractivity contribution >= 4 is 22.4 Å². The maximum absolute atomic E-state index is 12.7. The van der Waals surface area contributed by atoms with Crippen LogP contribution in [-0.2, 0) is 6.42 Å². The Labute approximate surface area is 108 Å². The van der Waals surface area contributed by atoms with Crippen molar-refractivity contribution < 1.29 is 9.18 Å². The summed E-state index contributed by atoms with van der Waals surface area (Å²) in [7, 11) is 0. The first kappa shape index (κ1) is 12.7. The van der Waals surface area contributed by atoms with Crippen LogP contribution in [0.5, 0.6) is 0 Å². The zero-order valence-corrected chi connectivity index (χ0v) is 10.3. The molecule has 94 valence electrons. The predicted molar refractivity (Wildman–Crippen MR) is 69.2 cm³/mol. The van der Waals surface area contributed by atoms with Gasteiger partial charge in [0, 0.05) is 17.4 Å². The van der Waals surface area contributed by atoms with E-state index in [-0.39, 0.29) is 11.7 Å². The number of thiazole rings is 1. The van der Waals surface area contributed by atoms with Crippen LogP contribution in [0.1, 0.15) is 16.1 Å². The van der Waals surface area contributed by atoms with Crippen LogP contribution in [0.15, 0.2) is 29.6 Å². The van der Waals surface area contributed by atoms with Crippen LogP contribution in [-0.4, -0.2) is 17.4 Å². The standard InChI is InChI=1S/C12H12FN3OS/c13-9-3-1-8(2-4-9)11(17)16-12-15-10(5-6-14)7-18-12/h1-4,7H,5-6,14H2,(H,15,16,17). The van der Waals surface area contributed by atoms with Crippen molar-refractivity contribution in [2.45, 2.75) is 6.42 Å². The molecular weight excluding hydrogens is 253 g/mol. The third-order valence-corrected chi connectivity index (χ3v) is 3.09. The fourth-order valence-electron chi connectivity index (χ4n) is 1.40. The maximum Gasteiger partial charge on any atom is 0.257 e. The summed E-state index contributed by atoms with van der Waals surface area (Å²) in [6, 6.07) is 5.35. The first-order valence-corrected chi connectivity index (χ1v) is 6.28. The molecule has 1 amide bonds. The Kier molecular flexibility index (Phi) is 4.01. The lowest BCUT2D eigenvalue weighted by molar-refractivity contribution is 0.102. The molecule has 18 heavy (non-hydrogen) atoms. The molecule has 0 aliphatic carbocycles. The molecule has 1 aromatic carbocycles. The number of benzene rings is 1. The monoisotopic (exact) mass is 265 g/mol. The maximum atomic E-state index is 12.7. The van der Waals surface area contributed by atoms with Crippen molar-refractivity contribution in [3.63, 3.8) is 0 Å². The van der Waals surface area contributed by atoms with E-state index in [4.69, 9.17) is 5.73 Å². The van der Waals surface area contributed by atoms with Crippen molar-refractivity contribution in [1.29, 1.82) is 0 Å². The van der Waals surface area contributed by atoms with Gasteiger partial charge in [0.1, 0.15) is 5.82 Å². The summed E-state index contributed by atoms with van der Waals surface area (Å²) in [5.74, 6) is -0.672. The van der Waals surface area contributed by atoms with Gasteiger partial charge >= 0.3 is 0 Å². The van der Waals surface area contributed by atoms with E-state index in [2.05, 4.69) is 10.3 Å². The zero-order chi connectivity index (χ0) is 13.0. The summed E-state index contributed by atoms with van der Waals surface area (Å²) in [4.78, 5) is 16.0. The minimum Gasteiger partial charge on any atom is -0.330 e. The van der Waals surface area contributed by atoms with Crippen LogP contribution in [0.25, 0.3) is 0 Å². The second-order valence-electron chi connectivity index (χ2n) is 3.64. The Bertz CT molecular complexity index is 539. The van der Waals surface area contributed by atoms with Crippen LogP contribution in [0.4, 0.5) is 9.52 Å². The quantitative estimate of drug-likeness (QED) is 0.888. The molecule has 1 heterocycles. The number of halogens is 1. The minimum absolute atomic E-state index is 0.302. The van der Waals surface area contributed by atoms with Gasteiger partial charge in [-0.25, -0.2) is 9.37 Å². The zero-order valence-electron chi connectivity index (χ0n) is 9.52. The minimum atomic E-state index is -0.369. The molecular formula is C12H12FN3OS.